The summed E-state index contributed by atoms with van der Waals surface area (Å²) in [7, 11) is 0. The second-order valence-electron chi connectivity index (χ2n) is 10.6. The fraction of sp³-hybridized carbons (Fsp3) is 0.312. The highest BCUT2D eigenvalue weighted by Crippen LogP contribution is 2.31. The lowest BCUT2D eigenvalue weighted by molar-refractivity contribution is -0.116. The Morgan fingerprint density at radius 2 is 1.48 bits per heavy atom. The van der Waals surface area contributed by atoms with Crippen molar-refractivity contribution in [3.63, 3.8) is 0 Å². The van der Waals surface area contributed by atoms with E-state index < -0.39 is 0 Å². The number of carbonyl (C=O) groups excluding carboxylic acids is 4. The molecule has 2 heterocycles. The molecule has 4 amide bonds. The van der Waals surface area contributed by atoms with Crippen LogP contribution in [0.5, 0.6) is 5.75 Å². The molecule has 0 saturated carbocycles. The Labute approximate surface area is 233 Å². The van der Waals surface area contributed by atoms with Crippen LogP contribution in [-0.2, 0) is 4.79 Å². The van der Waals surface area contributed by atoms with E-state index in [0.717, 1.165) is 12.8 Å². The molecule has 0 unspecified atom stereocenters. The molecule has 2 N–H and O–H groups in total. The molecule has 40 heavy (non-hydrogen) atoms. The van der Waals surface area contributed by atoms with Crippen molar-refractivity contribution >= 4 is 29.3 Å². The number of amides is 4. The Hall–Kier alpha value is -4.46. The zero-order valence-electron chi connectivity index (χ0n) is 22.8. The van der Waals surface area contributed by atoms with Crippen LogP contribution in [0.25, 0.3) is 0 Å². The number of carbonyl (C=O) groups is 4. The van der Waals surface area contributed by atoms with E-state index in [9.17, 15) is 24.3 Å². The van der Waals surface area contributed by atoms with Crippen molar-refractivity contribution in [2.75, 3.05) is 25.0 Å². The molecule has 0 radical (unpaired) electrons. The zero-order chi connectivity index (χ0) is 28.4. The standard InChI is InChI=1S/C32H33N3O5/c1-20-18-24(19-21(2)29(20)37)30(38)34-16-13-23(14-17-34)22-9-11-25(12-10-22)33-28(36)8-5-15-35-31(39)26-6-3-4-7-27(26)32(35)40/h3-4,6-7,9-12,18-19,23,37H,5,8,13-17H2,1-2H3,(H,33,36). The minimum Gasteiger partial charge on any atom is -0.507 e. The van der Waals surface area contributed by atoms with Gasteiger partial charge in [0.25, 0.3) is 17.7 Å². The average Bonchev–Trinajstić information content (AvgIpc) is 3.20. The molecule has 0 atom stereocenters. The van der Waals surface area contributed by atoms with Gasteiger partial charge in [-0.1, -0.05) is 24.3 Å². The van der Waals surface area contributed by atoms with Crippen LogP contribution in [0.3, 0.4) is 0 Å². The highest BCUT2D eigenvalue weighted by Gasteiger charge is 2.34. The van der Waals surface area contributed by atoms with Gasteiger partial charge in [-0.2, -0.15) is 0 Å². The number of aromatic hydroxyl groups is 1. The number of benzene rings is 3. The predicted molar refractivity (Wildman–Crippen MR) is 152 cm³/mol. The minimum absolute atomic E-state index is 0.00860. The maximum Gasteiger partial charge on any atom is 0.261 e. The first-order valence-corrected chi connectivity index (χ1v) is 13.7. The van der Waals surface area contributed by atoms with Crippen LogP contribution in [0.1, 0.15) is 79.4 Å². The van der Waals surface area contributed by atoms with Crippen molar-refractivity contribution in [3.05, 3.63) is 94.0 Å². The molecule has 5 rings (SSSR count). The number of likely N-dealkylation sites (tertiary alicyclic amines) is 1. The fourth-order valence-electron chi connectivity index (χ4n) is 5.58. The molecule has 8 nitrogen and oxygen atoms in total. The van der Waals surface area contributed by atoms with Gasteiger partial charge in [-0.05, 0) is 92.1 Å². The van der Waals surface area contributed by atoms with Gasteiger partial charge in [0, 0.05) is 37.3 Å². The van der Waals surface area contributed by atoms with E-state index in [4.69, 9.17) is 0 Å². The minimum atomic E-state index is -0.308. The van der Waals surface area contributed by atoms with Gasteiger partial charge in [-0.25, -0.2) is 0 Å². The van der Waals surface area contributed by atoms with Crippen molar-refractivity contribution < 1.29 is 24.3 Å². The highest BCUT2D eigenvalue weighted by atomic mass is 16.3. The third kappa shape index (κ3) is 5.47. The summed E-state index contributed by atoms with van der Waals surface area (Å²) in [6.07, 6.45) is 2.29. The monoisotopic (exact) mass is 539 g/mol. The number of phenols is 1. The van der Waals surface area contributed by atoms with Gasteiger partial charge in [0.05, 0.1) is 11.1 Å². The molecule has 0 bridgehead atoms. The molecule has 1 saturated heterocycles. The van der Waals surface area contributed by atoms with Gasteiger partial charge in [0.2, 0.25) is 5.91 Å². The first kappa shape index (κ1) is 27.1. The fourth-order valence-corrected chi connectivity index (χ4v) is 5.58. The second-order valence-corrected chi connectivity index (χ2v) is 10.6. The van der Waals surface area contributed by atoms with Crippen molar-refractivity contribution in [1.29, 1.82) is 0 Å². The van der Waals surface area contributed by atoms with Gasteiger partial charge in [0.1, 0.15) is 5.75 Å². The summed E-state index contributed by atoms with van der Waals surface area (Å²) in [4.78, 5) is 53.5. The van der Waals surface area contributed by atoms with E-state index in [0.29, 0.717) is 58.9 Å². The molecule has 1 fully saturated rings. The van der Waals surface area contributed by atoms with Crippen LogP contribution in [0.15, 0.2) is 60.7 Å². The highest BCUT2D eigenvalue weighted by molar-refractivity contribution is 6.21. The number of piperidine rings is 1. The van der Waals surface area contributed by atoms with Crippen molar-refractivity contribution in [1.82, 2.24) is 9.80 Å². The number of aryl methyl sites for hydroxylation is 2. The maximum atomic E-state index is 13.0. The largest absolute Gasteiger partial charge is 0.507 e. The molecule has 0 spiro atoms. The summed E-state index contributed by atoms with van der Waals surface area (Å²) >= 11 is 0. The molecule has 2 aliphatic rings. The SMILES string of the molecule is Cc1cc(C(=O)N2CCC(c3ccc(NC(=O)CCCN4C(=O)c5ccccc5C4=O)cc3)CC2)cc(C)c1O. The number of fused-ring (bicyclic) bond motifs is 1. The Morgan fingerprint density at radius 1 is 0.900 bits per heavy atom. The normalized spacial score (nSPS) is 15.3. The second kappa shape index (κ2) is 11.3. The molecular weight excluding hydrogens is 506 g/mol. The van der Waals surface area contributed by atoms with Crippen molar-refractivity contribution in [2.24, 2.45) is 0 Å². The maximum absolute atomic E-state index is 13.0. The van der Waals surface area contributed by atoms with Gasteiger partial charge in [-0.3, -0.25) is 24.1 Å². The van der Waals surface area contributed by atoms with Gasteiger partial charge < -0.3 is 15.3 Å². The number of hydrogen-bond donors (Lipinski definition) is 2. The van der Waals surface area contributed by atoms with E-state index in [-0.39, 0.29) is 42.3 Å². The quantitative estimate of drug-likeness (QED) is 0.409. The summed E-state index contributed by atoms with van der Waals surface area (Å²) in [5.74, 6) is -0.232. The molecule has 206 valence electrons. The van der Waals surface area contributed by atoms with Crippen LogP contribution < -0.4 is 5.32 Å². The van der Waals surface area contributed by atoms with Crippen LogP contribution in [0.2, 0.25) is 0 Å². The Bertz CT molecular complexity index is 1410. The third-order valence-electron chi connectivity index (χ3n) is 7.85. The van der Waals surface area contributed by atoms with Crippen LogP contribution >= 0.6 is 0 Å². The Morgan fingerprint density at radius 3 is 2.05 bits per heavy atom. The Balaban J connectivity index is 1.08. The zero-order valence-corrected chi connectivity index (χ0v) is 22.8. The number of rotatable bonds is 7. The smallest absolute Gasteiger partial charge is 0.261 e. The average molecular weight is 540 g/mol. The number of hydrogen-bond acceptors (Lipinski definition) is 5. The van der Waals surface area contributed by atoms with Crippen molar-refractivity contribution in [3.8, 4) is 5.75 Å². The van der Waals surface area contributed by atoms with Gasteiger partial charge >= 0.3 is 0 Å². The van der Waals surface area contributed by atoms with Crippen LogP contribution in [0.4, 0.5) is 5.69 Å². The van der Waals surface area contributed by atoms with Crippen LogP contribution in [0, 0.1) is 13.8 Å². The summed E-state index contributed by atoms with van der Waals surface area (Å²) < 4.78 is 0. The lowest BCUT2D eigenvalue weighted by atomic mass is 9.89. The summed E-state index contributed by atoms with van der Waals surface area (Å²) in [6.45, 7) is 5.12. The molecule has 8 heteroatoms. The third-order valence-corrected chi connectivity index (χ3v) is 7.85. The number of phenolic OH excluding ortho intramolecular Hbond substituents is 1. The molecule has 0 aliphatic carbocycles. The number of nitrogens with zero attached hydrogens (tertiary/aromatic N) is 2. The summed E-state index contributed by atoms with van der Waals surface area (Å²) in [5, 5.41) is 12.9. The van der Waals surface area contributed by atoms with E-state index in [2.05, 4.69) is 5.32 Å². The summed E-state index contributed by atoms with van der Waals surface area (Å²) in [5.41, 5.74) is 4.71. The van der Waals surface area contributed by atoms with E-state index in [1.54, 1.807) is 50.2 Å². The van der Waals surface area contributed by atoms with Crippen molar-refractivity contribution in [2.45, 2.75) is 45.4 Å². The van der Waals surface area contributed by atoms with E-state index in [1.807, 2.05) is 29.2 Å². The molecule has 2 aliphatic heterocycles. The van der Waals surface area contributed by atoms with Gasteiger partial charge in [-0.15, -0.1) is 0 Å². The molecule has 3 aromatic carbocycles. The topological polar surface area (TPSA) is 107 Å². The van der Waals surface area contributed by atoms with E-state index >= 15 is 0 Å². The van der Waals surface area contributed by atoms with E-state index in [1.165, 1.54) is 10.5 Å². The summed E-state index contributed by atoms with van der Waals surface area (Å²) in [6, 6.07) is 18.1. The number of nitrogens with one attached hydrogen (secondary N) is 1. The lowest BCUT2D eigenvalue weighted by Gasteiger charge is -2.32. The Kier molecular flexibility index (Phi) is 7.69. The number of anilines is 1. The molecular formula is C32H33N3O5. The van der Waals surface area contributed by atoms with Gasteiger partial charge in [0.15, 0.2) is 0 Å². The lowest BCUT2D eigenvalue weighted by Crippen LogP contribution is -2.38. The number of imide groups is 1. The first-order valence-electron chi connectivity index (χ1n) is 13.7. The predicted octanol–water partition coefficient (Wildman–Crippen LogP) is 5.04. The van der Waals surface area contributed by atoms with Crippen LogP contribution in [-0.4, -0.2) is 58.2 Å². The molecule has 0 aromatic heterocycles. The first-order chi connectivity index (χ1) is 19.2. The molecule has 3 aromatic rings.